The van der Waals surface area contributed by atoms with Crippen molar-refractivity contribution in [1.29, 1.82) is 0 Å². The molecule has 0 heteroatoms. The second-order valence-corrected chi connectivity index (χ2v) is 4.35. The van der Waals surface area contributed by atoms with Crippen LogP contribution < -0.4 is 0 Å². The number of aryl methyl sites for hydroxylation is 1. The predicted molar refractivity (Wildman–Crippen MR) is 80.4 cm³/mol. The Morgan fingerprint density at radius 1 is 1.06 bits per heavy atom. The van der Waals surface area contributed by atoms with Gasteiger partial charge in [0.25, 0.3) is 0 Å². The van der Waals surface area contributed by atoms with Crippen molar-refractivity contribution in [3.63, 3.8) is 0 Å². The Balaban J connectivity index is 0.000000771. The van der Waals surface area contributed by atoms with Crippen LogP contribution in [-0.4, -0.2) is 0 Å². The van der Waals surface area contributed by atoms with E-state index >= 15 is 0 Å². The van der Waals surface area contributed by atoms with Crippen LogP contribution in [0.5, 0.6) is 0 Å². The molecule has 0 bridgehead atoms. The van der Waals surface area contributed by atoms with Crippen LogP contribution >= 0.6 is 0 Å². The summed E-state index contributed by atoms with van der Waals surface area (Å²) in [4.78, 5) is 0. The fourth-order valence-corrected chi connectivity index (χ4v) is 1.60. The van der Waals surface area contributed by atoms with Gasteiger partial charge in [0.05, 0.1) is 0 Å². The van der Waals surface area contributed by atoms with Crippen LogP contribution in [0.25, 0.3) is 0 Å². The largest absolute Gasteiger partial charge is 0.0802 e. The molecule has 18 heavy (non-hydrogen) atoms. The first-order chi connectivity index (χ1) is 8.74. The maximum atomic E-state index is 3.20. The summed E-state index contributed by atoms with van der Waals surface area (Å²) in [6.07, 6.45) is 7.66. The van der Waals surface area contributed by atoms with Gasteiger partial charge in [-0.25, -0.2) is 0 Å². The van der Waals surface area contributed by atoms with Crippen LogP contribution in [0.3, 0.4) is 0 Å². The zero-order valence-corrected chi connectivity index (χ0v) is 11.8. The second kappa shape index (κ2) is 7.56. The summed E-state index contributed by atoms with van der Waals surface area (Å²) in [5.74, 6) is 7.05. The number of hydrogen-bond acceptors (Lipinski definition) is 0. The molecule has 94 valence electrons. The van der Waals surface area contributed by atoms with Gasteiger partial charge in [-0.3, -0.25) is 0 Å². The summed E-state index contributed by atoms with van der Waals surface area (Å²) in [5.41, 5.74) is 3.49. The number of rotatable bonds is 0. The quantitative estimate of drug-likeness (QED) is 0.564. The van der Waals surface area contributed by atoms with E-state index in [0.717, 1.165) is 17.6 Å². The Bertz CT molecular complexity index is 475. The van der Waals surface area contributed by atoms with Crippen LogP contribution in [0.2, 0.25) is 0 Å². The molecule has 0 spiro atoms. The highest BCUT2D eigenvalue weighted by molar-refractivity contribution is 5.46. The lowest BCUT2D eigenvalue weighted by Crippen LogP contribution is -1.92. The molecular weight excluding hydrogens is 216 g/mol. The minimum Gasteiger partial charge on any atom is -0.0802 e. The van der Waals surface area contributed by atoms with Gasteiger partial charge in [-0.2, -0.15) is 0 Å². The number of benzene rings is 1. The third-order valence-corrected chi connectivity index (χ3v) is 2.72. The Kier molecular flexibility index (Phi) is 6.01. The standard InChI is InChI=1S/C16H16.C2H6/c1-13-3-7-15(8-4-13)11-12-16-9-5-14(2)6-10-16;1-2/h3-5,7-10,14H,6H2,1-2H3;1-2H3. The molecule has 2 rings (SSSR count). The van der Waals surface area contributed by atoms with Gasteiger partial charge in [-0.05, 0) is 31.4 Å². The molecule has 1 atom stereocenters. The van der Waals surface area contributed by atoms with Gasteiger partial charge in [0.2, 0.25) is 0 Å². The fraction of sp³-hybridized carbons (Fsp3) is 0.333. The molecule has 0 saturated carbocycles. The predicted octanol–water partition coefficient (Wildman–Crippen LogP) is 4.90. The van der Waals surface area contributed by atoms with Gasteiger partial charge in [-0.1, -0.05) is 68.5 Å². The topological polar surface area (TPSA) is 0 Å². The van der Waals surface area contributed by atoms with Gasteiger partial charge < -0.3 is 0 Å². The van der Waals surface area contributed by atoms with E-state index in [9.17, 15) is 0 Å². The summed E-state index contributed by atoms with van der Waals surface area (Å²) in [6, 6.07) is 8.32. The van der Waals surface area contributed by atoms with E-state index in [4.69, 9.17) is 0 Å². The lowest BCUT2D eigenvalue weighted by molar-refractivity contribution is 0.734. The Morgan fingerprint density at radius 2 is 1.72 bits per heavy atom. The fourth-order valence-electron chi connectivity index (χ4n) is 1.60. The van der Waals surface area contributed by atoms with Crippen LogP contribution in [0.4, 0.5) is 0 Å². The number of allylic oxidation sites excluding steroid dienone is 4. The molecule has 0 nitrogen and oxygen atoms in total. The van der Waals surface area contributed by atoms with Gasteiger partial charge in [0.1, 0.15) is 0 Å². The first-order valence-electron chi connectivity index (χ1n) is 6.71. The molecule has 0 fully saturated rings. The Labute approximate surface area is 111 Å². The van der Waals surface area contributed by atoms with Crippen LogP contribution in [-0.2, 0) is 0 Å². The van der Waals surface area contributed by atoms with Crippen molar-refractivity contribution < 1.29 is 0 Å². The van der Waals surface area contributed by atoms with Crippen LogP contribution in [0.1, 0.15) is 38.3 Å². The molecule has 0 saturated heterocycles. The lowest BCUT2D eigenvalue weighted by Gasteiger charge is -2.06. The molecule has 1 aromatic carbocycles. The molecule has 0 amide bonds. The molecule has 0 heterocycles. The minimum atomic E-state index is 0.657. The lowest BCUT2D eigenvalue weighted by atomic mass is 9.99. The van der Waals surface area contributed by atoms with Gasteiger partial charge in [0.15, 0.2) is 0 Å². The molecule has 1 aliphatic carbocycles. The van der Waals surface area contributed by atoms with E-state index in [2.05, 4.69) is 68.2 Å². The highest BCUT2D eigenvalue weighted by Gasteiger charge is 2.00. The minimum absolute atomic E-state index is 0.657. The van der Waals surface area contributed by atoms with E-state index in [0.29, 0.717) is 5.92 Å². The zero-order chi connectivity index (χ0) is 13.4. The molecule has 0 radical (unpaired) electrons. The highest BCUT2D eigenvalue weighted by atomic mass is 14.0. The second-order valence-electron chi connectivity index (χ2n) is 4.35. The van der Waals surface area contributed by atoms with Crippen molar-refractivity contribution >= 4 is 0 Å². The van der Waals surface area contributed by atoms with E-state index < -0.39 is 0 Å². The van der Waals surface area contributed by atoms with Gasteiger partial charge in [0, 0.05) is 11.1 Å². The van der Waals surface area contributed by atoms with E-state index in [1.165, 1.54) is 5.56 Å². The van der Waals surface area contributed by atoms with Crippen molar-refractivity contribution in [1.82, 2.24) is 0 Å². The molecule has 1 aliphatic rings. The summed E-state index contributed by atoms with van der Waals surface area (Å²) >= 11 is 0. The summed E-state index contributed by atoms with van der Waals surface area (Å²) in [5, 5.41) is 0. The SMILES string of the molecule is CC.Cc1ccc(C#CC2=CCC(C)C=C2)cc1. The smallest absolute Gasteiger partial charge is 0.0249 e. The first-order valence-corrected chi connectivity index (χ1v) is 6.71. The van der Waals surface area contributed by atoms with Crippen molar-refractivity contribution in [2.75, 3.05) is 0 Å². The molecule has 1 unspecified atom stereocenters. The van der Waals surface area contributed by atoms with Crippen molar-refractivity contribution in [2.45, 2.75) is 34.1 Å². The van der Waals surface area contributed by atoms with Gasteiger partial charge in [-0.15, -0.1) is 0 Å². The monoisotopic (exact) mass is 238 g/mol. The third kappa shape index (κ3) is 4.63. The normalized spacial score (nSPS) is 16.9. The van der Waals surface area contributed by atoms with Crippen molar-refractivity contribution in [3.8, 4) is 11.8 Å². The Morgan fingerprint density at radius 3 is 2.28 bits per heavy atom. The molecule has 0 aliphatic heterocycles. The maximum Gasteiger partial charge on any atom is 0.0249 e. The zero-order valence-electron chi connectivity index (χ0n) is 11.8. The molecular formula is C18H22. The van der Waals surface area contributed by atoms with Crippen LogP contribution in [0, 0.1) is 24.7 Å². The average molecular weight is 238 g/mol. The highest BCUT2D eigenvalue weighted by Crippen LogP contribution is 2.14. The molecule has 0 N–H and O–H groups in total. The third-order valence-electron chi connectivity index (χ3n) is 2.72. The van der Waals surface area contributed by atoms with Crippen molar-refractivity contribution in [2.24, 2.45) is 5.92 Å². The Hall–Kier alpha value is -1.74. The van der Waals surface area contributed by atoms with E-state index in [1.54, 1.807) is 0 Å². The van der Waals surface area contributed by atoms with Crippen molar-refractivity contribution in [3.05, 3.63) is 59.2 Å². The summed E-state index contributed by atoms with van der Waals surface area (Å²) in [6.45, 7) is 8.31. The maximum absolute atomic E-state index is 3.20. The van der Waals surface area contributed by atoms with Crippen LogP contribution in [0.15, 0.2) is 48.1 Å². The summed E-state index contributed by atoms with van der Waals surface area (Å²) in [7, 11) is 0. The molecule has 0 aromatic heterocycles. The van der Waals surface area contributed by atoms with Gasteiger partial charge >= 0.3 is 0 Å². The average Bonchev–Trinajstić information content (AvgIpc) is 2.42. The van der Waals surface area contributed by atoms with E-state index in [-0.39, 0.29) is 0 Å². The number of hydrogen-bond donors (Lipinski definition) is 0. The van der Waals surface area contributed by atoms with E-state index in [1.807, 2.05) is 13.8 Å². The summed E-state index contributed by atoms with van der Waals surface area (Å²) < 4.78 is 0. The molecule has 1 aromatic rings. The first kappa shape index (κ1) is 14.3.